The maximum atomic E-state index is 10.4. The minimum atomic E-state index is -1.56. The Morgan fingerprint density at radius 3 is 2.56 bits per heavy atom. The van der Waals surface area contributed by atoms with Gasteiger partial charge in [-0.15, -0.1) is 0 Å². The van der Waals surface area contributed by atoms with E-state index in [1.165, 1.54) is 36.5 Å². The van der Waals surface area contributed by atoms with Crippen molar-refractivity contribution >= 4 is 5.82 Å². The molecule has 0 aliphatic carbocycles. The number of fused-ring (bicyclic) bond motifs is 1. The highest BCUT2D eigenvalue weighted by Gasteiger charge is 2.45. The number of aliphatic hydroxyl groups excluding tert-OH is 4. The van der Waals surface area contributed by atoms with Crippen molar-refractivity contribution in [2.75, 3.05) is 19.0 Å². The highest BCUT2D eigenvalue weighted by Crippen LogP contribution is 2.35. The third-order valence-electron chi connectivity index (χ3n) is 5.33. The van der Waals surface area contributed by atoms with Crippen LogP contribution in [0.2, 0.25) is 0 Å². The molecule has 32 heavy (non-hydrogen) atoms. The standard InChI is InChI=1S/C19H23N5O8/c1-31-11-3-9(26)8(2-10(11)27)4-20-17-13-18(22-6-21-13)24(7-23-17)19-16(30)15(29)14(28)12(5-25)32-19/h2-3,6-7,12,14-16,19-20,25-30H,4-5H2,1H3/t12-,14-,15+,16-,19?/m1/s1. The van der Waals surface area contributed by atoms with Gasteiger partial charge in [0, 0.05) is 18.2 Å². The third kappa shape index (κ3) is 3.76. The molecule has 1 unspecified atom stereocenters. The number of ether oxygens (including phenoxy) is 2. The number of aromatic hydroxyl groups is 2. The van der Waals surface area contributed by atoms with Gasteiger partial charge in [-0.3, -0.25) is 4.57 Å². The first-order chi connectivity index (χ1) is 15.3. The lowest BCUT2D eigenvalue weighted by molar-refractivity contribution is -0.251. The zero-order chi connectivity index (χ0) is 23.0. The molecular weight excluding hydrogens is 426 g/mol. The molecule has 0 amide bonds. The molecule has 13 nitrogen and oxygen atoms in total. The Bertz CT molecular complexity index is 1060. The highest BCUT2D eigenvalue weighted by atomic mass is 16.6. The van der Waals surface area contributed by atoms with E-state index in [9.17, 15) is 30.6 Å². The number of imidazole rings is 1. The number of hydrogen-bond donors (Lipinski definition) is 7. The smallest absolute Gasteiger partial charge is 0.167 e. The van der Waals surface area contributed by atoms with E-state index in [0.717, 1.165) is 0 Å². The second kappa shape index (κ2) is 8.72. The molecule has 0 spiro atoms. The van der Waals surface area contributed by atoms with Crippen LogP contribution in [0, 0.1) is 0 Å². The van der Waals surface area contributed by atoms with Crippen molar-refractivity contribution in [1.29, 1.82) is 0 Å². The number of methoxy groups -OCH3 is 1. The van der Waals surface area contributed by atoms with Crippen LogP contribution in [0.15, 0.2) is 24.8 Å². The summed E-state index contributed by atoms with van der Waals surface area (Å²) in [6, 6.07) is 2.64. The van der Waals surface area contributed by atoms with E-state index in [4.69, 9.17) is 9.47 Å². The number of hydrogen-bond acceptors (Lipinski definition) is 12. The molecule has 1 aromatic carbocycles. The summed E-state index contributed by atoms with van der Waals surface area (Å²) in [6.07, 6.45) is -4.26. The average molecular weight is 449 g/mol. The summed E-state index contributed by atoms with van der Waals surface area (Å²) in [5.41, 5.74) is 0.685. The van der Waals surface area contributed by atoms with Crippen LogP contribution in [0.25, 0.3) is 11.5 Å². The molecule has 13 heteroatoms. The Morgan fingerprint density at radius 1 is 1.06 bits per heavy atom. The van der Waals surface area contributed by atoms with Crippen LogP contribution < -0.4 is 10.1 Å². The monoisotopic (exact) mass is 449 g/mol. The lowest BCUT2D eigenvalue weighted by atomic mass is 9.98. The lowest BCUT2D eigenvalue weighted by Crippen LogP contribution is -2.56. The fourth-order valence-electron chi connectivity index (χ4n) is 3.56. The SMILES string of the molecule is COc1cc(O)c(CNc2ncn(C3O[C@H](CO)[C@@H](O)[C@H](O)[C@H]3O)c3ncnc2-3)cc1O. The van der Waals surface area contributed by atoms with E-state index in [2.05, 4.69) is 20.3 Å². The summed E-state index contributed by atoms with van der Waals surface area (Å²) in [4.78, 5) is 12.6. The predicted octanol–water partition coefficient (Wildman–Crippen LogP) is -1.22. The van der Waals surface area contributed by atoms with Crippen molar-refractivity contribution in [3.63, 3.8) is 0 Å². The summed E-state index contributed by atoms with van der Waals surface area (Å²) in [7, 11) is 1.37. The van der Waals surface area contributed by atoms with E-state index in [1.807, 2.05) is 0 Å². The van der Waals surface area contributed by atoms with Gasteiger partial charge in [-0.1, -0.05) is 0 Å². The molecule has 5 atom stereocenters. The highest BCUT2D eigenvalue weighted by molar-refractivity contribution is 5.67. The van der Waals surface area contributed by atoms with Gasteiger partial charge in [-0.2, -0.15) is 0 Å². The third-order valence-corrected chi connectivity index (χ3v) is 5.33. The normalized spacial score (nSPS) is 25.7. The fourth-order valence-corrected chi connectivity index (χ4v) is 3.56. The van der Waals surface area contributed by atoms with Gasteiger partial charge in [-0.05, 0) is 6.07 Å². The zero-order valence-corrected chi connectivity index (χ0v) is 16.9. The maximum absolute atomic E-state index is 10.4. The molecule has 0 aromatic heterocycles. The van der Waals surface area contributed by atoms with Crippen LogP contribution >= 0.6 is 0 Å². The topological polar surface area (TPSA) is 195 Å². The van der Waals surface area contributed by atoms with Crippen LogP contribution in [0.5, 0.6) is 17.2 Å². The molecule has 4 rings (SSSR count). The summed E-state index contributed by atoms with van der Waals surface area (Å²) < 4.78 is 11.9. The van der Waals surface area contributed by atoms with E-state index in [1.54, 1.807) is 0 Å². The second-order valence-electron chi connectivity index (χ2n) is 7.27. The van der Waals surface area contributed by atoms with Gasteiger partial charge in [0.05, 0.1) is 13.7 Å². The minimum absolute atomic E-state index is 0.0857. The number of phenols is 2. The molecule has 1 aromatic rings. The molecule has 0 bridgehead atoms. The largest absolute Gasteiger partial charge is 0.507 e. The molecule has 172 valence electrons. The first-order valence-electron chi connectivity index (χ1n) is 9.66. The number of benzene rings is 1. The van der Waals surface area contributed by atoms with Gasteiger partial charge in [0.2, 0.25) is 0 Å². The Morgan fingerprint density at radius 2 is 1.84 bits per heavy atom. The Hall–Kier alpha value is -3.23. The Kier molecular flexibility index (Phi) is 5.99. The molecule has 0 saturated carbocycles. The predicted molar refractivity (Wildman–Crippen MR) is 107 cm³/mol. The van der Waals surface area contributed by atoms with Crippen LogP contribution in [0.1, 0.15) is 11.8 Å². The van der Waals surface area contributed by atoms with Crippen molar-refractivity contribution in [2.45, 2.75) is 37.2 Å². The molecular formula is C19H23N5O8. The number of aliphatic hydroxyl groups is 4. The number of nitrogens with zero attached hydrogens (tertiary/aromatic N) is 4. The molecule has 0 radical (unpaired) electrons. The van der Waals surface area contributed by atoms with Crippen LogP contribution in [0.3, 0.4) is 0 Å². The maximum Gasteiger partial charge on any atom is 0.167 e. The number of aromatic nitrogens is 4. The number of rotatable bonds is 6. The van der Waals surface area contributed by atoms with Crippen molar-refractivity contribution in [3.8, 4) is 28.8 Å². The summed E-state index contributed by atoms with van der Waals surface area (Å²) >= 11 is 0. The van der Waals surface area contributed by atoms with E-state index < -0.39 is 37.3 Å². The van der Waals surface area contributed by atoms with Gasteiger partial charge < -0.3 is 45.4 Å². The van der Waals surface area contributed by atoms with Crippen molar-refractivity contribution in [1.82, 2.24) is 19.5 Å². The van der Waals surface area contributed by atoms with Gasteiger partial charge in [-0.25, -0.2) is 15.0 Å². The quantitative estimate of drug-likeness (QED) is 0.222. The molecule has 3 aliphatic heterocycles. The van der Waals surface area contributed by atoms with Gasteiger partial charge in [0.15, 0.2) is 35.1 Å². The van der Waals surface area contributed by atoms with Crippen molar-refractivity contribution < 1.29 is 40.1 Å². The molecule has 1 fully saturated rings. The Labute approximate surface area is 181 Å². The minimum Gasteiger partial charge on any atom is -0.507 e. The second-order valence-corrected chi connectivity index (χ2v) is 7.27. The molecule has 7 N–H and O–H groups in total. The fraction of sp³-hybridized carbons (Fsp3) is 0.421. The zero-order valence-electron chi connectivity index (χ0n) is 16.9. The van der Waals surface area contributed by atoms with Gasteiger partial charge >= 0.3 is 0 Å². The van der Waals surface area contributed by atoms with Gasteiger partial charge in [0.25, 0.3) is 0 Å². The first kappa shape index (κ1) is 22.0. The number of anilines is 1. The van der Waals surface area contributed by atoms with Crippen molar-refractivity contribution in [3.05, 3.63) is 30.4 Å². The van der Waals surface area contributed by atoms with Crippen LogP contribution in [0.4, 0.5) is 5.82 Å². The van der Waals surface area contributed by atoms with Crippen LogP contribution in [-0.4, -0.2) is 88.3 Å². The first-order valence-corrected chi connectivity index (χ1v) is 9.66. The number of nitrogens with one attached hydrogen (secondary N) is 1. The van der Waals surface area contributed by atoms with Crippen molar-refractivity contribution in [2.24, 2.45) is 0 Å². The lowest BCUT2D eigenvalue weighted by Gasteiger charge is -2.41. The van der Waals surface area contributed by atoms with E-state index in [-0.39, 0.29) is 29.6 Å². The summed E-state index contributed by atoms with van der Waals surface area (Å²) in [5.74, 6) is 0.460. The van der Waals surface area contributed by atoms with Gasteiger partial charge in [0.1, 0.15) is 42.8 Å². The Balaban J connectivity index is 1.60. The molecule has 1 saturated heterocycles. The summed E-state index contributed by atoms with van der Waals surface area (Å²) in [5, 5.41) is 63.0. The average Bonchev–Trinajstić information content (AvgIpc) is 3.28. The van der Waals surface area contributed by atoms with E-state index >= 15 is 0 Å². The molecule has 3 aliphatic rings. The van der Waals surface area contributed by atoms with E-state index in [0.29, 0.717) is 17.1 Å². The summed E-state index contributed by atoms with van der Waals surface area (Å²) in [6.45, 7) is -0.481. The number of phenolic OH excluding ortho intramolecular Hbond substituents is 2. The van der Waals surface area contributed by atoms with Crippen LogP contribution in [-0.2, 0) is 11.3 Å². The molecule has 3 heterocycles.